The van der Waals surface area contributed by atoms with Gasteiger partial charge in [0, 0.05) is 31.2 Å². The molecule has 0 spiro atoms. The van der Waals surface area contributed by atoms with Gasteiger partial charge in [0.2, 0.25) is 0 Å². The summed E-state index contributed by atoms with van der Waals surface area (Å²) in [6.45, 7) is 4.50. The maximum absolute atomic E-state index is 14.6. The van der Waals surface area contributed by atoms with Crippen molar-refractivity contribution in [2.75, 3.05) is 20.1 Å². The van der Waals surface area contributed by atoms with E-state index in [4.69, 9.17) is 4.42 Å². The molecule has 6 heteroatoms. The van der Waals surface area contributed by atoms with Crippen molar-refractivity contribution in [3.8, 4) is 0 Å². The molecule has 186 valence electrons. The zero-order valence-corrected chi connectivity index (χ0v) is 20.9. The van der Waals surface area contributed by atoms with Crippen molar-refractivity contribution in [2.45, 2.75) is 38.8 Å². The largest absolute Gasteiger partial charge is 0.469 e. The third kappa shape index (κ3) is 5.05. The second kappa shape index (κ2) is 10.6. The molecule has 0 saturated carbocycles. The predicted molar refractivity (Wildman–Crippen MR) is 139 cm³/mol. The maximum atomic E-state index is 14.6. The molecule has 1 amide bonds. The first-order chi connectivity index (χ1) is 17.5. The van der Waals surface area contributed by atoms with E-state index in [1.54, 1.807) is 30.2 Å². The Kier molecular flexibility index (Phi) is 7.14. The average molecular weight is 486 g/mol. The summed E-state index contributed by atoms with van der Waals surface area (Å²) in [5.41, 5.74) is 3.50. The summed E-state index contributed by atoms with van der Waals surface area (Å²) >= 11 is 0. The standard InChI is InChI=1S/C30H32FN3O2/c1-21-26(14-18-36-21)30(35)33(2)28(19-24-7-3-4-11-27(24)31)22-12-16-34(17-13-22)20-25-9-5-8-23-10-6-15-32-29(23)25/h3-11,14-15,18,22,28H,12-13,16-17,19-20H2,1-2H3. The first-order valence-electron chi connectivity index (χ1n) is 12.6. The molecule has 5 rings (SSSR count). The lowest BCUT2D eigenvalue weighted by Gasteiger charge is -2.40. The van der Waals surface area contributed by atoms with Crippen LogP contribution in [0.5, 0.6) is 0 Å². The molecule has 3 heterocycles. The lowest BCUT2D eigenvalue weighted by atomic mass is 9.84. The average Bonchev–Trinajstić information content (AvgIpc) is 3.34. The monoisotopic (exact) mass is 485 g/mol. The van der Waals surface area contributed by atoms with Gasteiger partial charge in [-0.3, -0.25) is 14.7 Å². The Hall–Kier alpha value is -3.51. The SMILES string of the molecule is Cc1occc1C(=O)N(C)C(Cc1ccccc1F)C1CCN(Cc2cccc3cccnc23)CC1. The highest BCUT2D eigenvalue weighted by molar-refractivity contribution is 5.95. The van der Waals surface area contributed by atoms with Gasteiger partial charge >= 0.3 is 0 Å². The van der Waals surface area contributed by atoms with Crippen LogP contribution in [-0.2, 0) is 13.0 Å². The lowest BCUT2D eigenvalue weighted by Crippen LogP contribution is -2.47. The summed E-state index contributed by atoms with van der Waals surface area (Å²) in [7, 11) is 1.84. The van der Waals surface area contributed by atoms with E-state index in [0.29, 0.717) is 23.3 Å². The number of pyridine rings is 1. The molecule has 1 unspecified atom stereocenters. The number of hydrogen-bond acceptors (Lipinski definition) is 4. The van der Waals surface area contributed by atoms with E-state index in [1.807, 2.05) is 31.4 Å². The minimum Gasteiger partial charge on any atom is -0.469 e. The summed E-state index contributed by atoms with van der Waals surface area (Å²) < 4.78 is 20.0. The zero-order valence-electron chi connectivity index (χ0n) is 20.9. The fourth-order valence-corrected chi connectivity index (χ4v) is 5.49. The number of halogens is 1. The van der Waals surface area contributed by atoms with Gasteiger partial charge in [-0.15, -0.1) is 0 Å². The third-order valence-corrected chi connectivity index (χ3v) is 7.58. The van der Waals surface area contributed by atoms with Gasteiger partial charge in [0.15, 0.2) is 0 Å². The van der Waals surface area contributed by atoms with Gasteiger partial charge in [-0.2, -0.15) is 0 Å². The minimum absolute atomic E-state index is 0.0770. The van der Waals surface area contributed by atoms with E-state index in [9.17, 15) is 9.18 Å². The maximum Gasteiger partial charge on any atom is 0.257 e. The molecule has 4 aromatic rings. The quantitative estimate of drug-likeness (QED) is 0.328. The van der Waals surface area contributed by atoms with Crippen molar-refractivity contribution in [3.05, 3.63) is 101 Å². The van der Waals surface area contributed by atoms with Crippen molar-refractivity contribution in [1.82, 2.24) is 14.8 Å². The molecule has 1 saturated heterocycles. The highest BCUT2D eigenvalue weighted by Gasteiger charge is 2.33. The highest BCUT2D eigenvalue weighted by Crippen LogP contribution is 2.30. The normalized spacial score (nSPS) is 15.8. The molecular weight excluding hydrogens is 453 g/mol. The van der Waals surface area contributed by atoms with Crippen LogP contribution >= 0.6 is 0 Å². The first-order valence-corrected chi connectivity index (χ1v) is 12.6. The number of aryl methyl sites for hydroxylation is 1. The first kappa shape index (κ1) is 24.2. The number of rotatable bonds is 7. The number of hydrogen-bond donors (Lipinski definition) is 0. The van der Waals surface area contributed by atoms with Crippen molar-refractivity contribution in [3.63, 3.8) is 0 Å². The van der Waals surface area contributed by atoms with Crippen LogP contribution in [-0.4, -0.2) is 46.9 Å². The number of likely N-dealkylation sites (tertiary alicyclic amines) is 1. The Morgan fingerprint density at radius 2 is 1.83 bits per heavy atom. The van der Waals surface area contributed by atoms with Crippen LogP contribution in [0.15, 0.2) is 77.5 Å². The number of benzene rings is 2. The van der Waals surface area contributed by atoms with E-state index in [-0.39, 0.29) is 23.7 Å². The van der Waals surface area contributed by atoms with Crippen LogP contribution in [0.4, 0.5) is 4.39 Å². The fourth-order valence-electron chi connectivity index (χ4n) is 5.49. The predicted octanol–water partition coefficient (Wildman–Crippen LogP) is 5.87. The number of amides is 1. The molecule has 36 heavy (non-hydrogen) atoms. The fraction of sp³-hybridized carbons (Fsp3) is 0.333. The molecule has 2 aromatic heterocycles. The summed E-state index contributed by atoms with van der Waals surface area (Å²) in [6.07, 6.45) is 5.77. The van der Waals surface area contributed by atoms with Crippen molar-refractivity contribution in [1.29, 1.82) is 0 Å². The molecule has 0 aliphatic carbocycles. The second-order valence-corrected chi connectivity index (χ2v) is 9.78. The Morgan fingerprint density at radius 1 is 1.08 bits per heavy atom. The van der Waals surface area contributed by atoms with Crippen molar-refractivity contribution in [2.24, 2.45) is 5.92 Å². The number of fused-ring (bicyclic) bond motifs is 1. The highest BCUT2D eigenvalue weighted by atomic mass is 19.1. The number of carbonyl (C=O) groups excluding carboxylic acids is 1. The number of nitrogens with zero attached hydrogens (tertiary/aromatic N) is 3. The molecular formula is C30H32FN3O2. The molecule has 0 bridgehead atoms. The van der Waals surface area contributed by atoms with Crippen LogP contribution in [0.25, 0.3) is 10.9 Å². The van der Waals surface area contributed by atoms with E-state index >= 15 is 0 Å². The molecule has 2 aromatic carbocycles. The Balaban J connectivity index is 1.32. The molecule has 1 aliphatic heterocycles. The third-order valence-electron chi connectivity index (χ3n) is 7.58. The van der Waals surface area contributed by atoms with Crippen molar-refractivity contribution >= 4 is 16.8 Å². The van der Waals surface area contributed by atoms with Gasteiger partial charge in [0.1, 0.15) is 11.6 Å². The van der Waals surface area contributed by atoms with Gasteiger partial charge in [0.25, 0.3) is 5.91 Å². The summed E-state index contributed by atoms with van der Waals surface area (Å²) in [5.74, 6) is 0.582. The van der Waals surface area contributed by atoms with Crippen LogP contribution in [0.1, 0.15) is 40.1 Å². The van der Waals surface area contributed by atoms with Gasteiger partial charge in [-0.05, 0) is 74.5 Å². The van der Waals surface area contributed by atoms with Gasteiger partial charge in [-0.25, -0.2) is 4.39 Å². The van der Waals surface area contributed by atoms with Crippen LogP contribution in [0.2, 0.25) is 0 Å². The van der Waals surface area contributed by atoms with Crippen LogP contribution in [0, 0.1) is 18.7 Å². The number of para-hydroxylation sites is 1. The smallest absolute Gasteiger partial charge is 0.257 e. The van der Waals surface area contributed by atoms with Crippen LogP contribution in [0.3, 0.4) is 0 Å². The Labute approximate surface area is 211 Å². The van der Waals surface area contributed by atoms with E-state index in [1.165, 1.54) is 11.6 Å². The van der Waals surface area contributed by atoms with E-state index < -0.39 is 0 Å². The zero-order chi connectivity index (χ0) is 25.1. The molecule has 5 nitrogen and oxygen atoms in total. The minimum atomic E-state index is -0.219. The Morgan fingerprint density at radius 3 is 2.58 bits per heavy atom. The lowest BCUT2D eigenvalue weighted by molar-refractivity contribution is 0.0582. The molecule has 1 aliphatic rings. The van der Waals surface area contributed by atoms with E-state index in [0.717, 1.165) is 43.4 Å². The number of aromatic nitrogens is 1. The Bertz CT molecular complexity index is 1340. The van der Waals surface area contributed by atoms with Crippen LogP contribution < -0.4 is 0 Å². The number of likely N-dealkylation sites (N-methyl/N-ethyl adjacent to an activating group) is 1. The number of furan rings is 1. The van der Waals surface area contributed by atoms with E-state index in [2.05, 4.69) is 34.1 Å². The van der Waals surface area contributed by atoms with Gasteiger partial charge < -0.3 is 9.32 Å². The number of piperidine rings is 1. The molecule has 0 radical (unpaired) electrons. The molecule has 1 atom stereocenters. The van der Waals surface area contributed by atoms with Gasteiger partial charge in [-0.1, -0.05) is 42.5 Å². The molecule has 0 N–H and O–H groups in total. The summed E-state index contributed by atoms with van der Waals surface area (Å²) in [4.78, 5) is 22.2. The second-order valence-electron chi connectivity index (χ2n) is 9.78. The molecule has 1 fully saturated rings. The van der Waals surface area contributed by atoms with Crippen molar-refractivity contribution < 1.29 is 13.6 Å². The topological polar surface area (TPSA) is 49.6 Å². The van der Waals surface area contributed by atoms with Gasteiger partial charge in [0.05, 0.1) is 17.3 Å². The summed E-state index contributed by atoms with van der Waals surface area (Å²) in [5, 5.41) is 1.16. The summed E-state index contributed by atoms with van der Waals surface area (Å²) in [6, 6.07) is 18.9. The number of carbonyl (C=O) groups is 1.